The highest BCUT2D eigenvalue weighted by atomic mass is 19.4. The van der Waals surface area contributed by atoms with Gasteiger partial charge in [0.05, 0.1) is 19.1 Å². The molecular weight excluding hydrogens is 725 g/mol. The zero-order valence-corrected chi connectivity index (χ0v) is 31.4. The molecule has 2 aromatic carbocycles. The molecule has 0 spiro atoms. The van der Waals surface area contributed by atoms with Crippen molar-refractivity contribution in [3.8, 4) is 17.1 Å². The van der Waals surface area contributed by atoms with E-state index in [-0.39, 0.29) is 29.4 Å². The first-order chi connectivity index (χ1) is 26.9. The SMILES string of the molecule is CCC1CCC(C2CC=C(c3cnc(-c4ccc(CN(CC(=O)O)C(=O)c5ccc(NC(=O)Cc6ccc(OC)cc6C(F)(F)F)nn5)cc4)nc3)CC2)CC1. The minimum absolute atomic E-state index is 0.00324. The first kappa shape index (κ1) is 40.0. The van der Waals surface area contributed by atoms with Crippen molar-refractivity contribution < 1.29 is 37.4 Å². The number of rotatable bonds is 13. The quantitative estimate of drug-likeness (QED) is 0.137. The molecule has 1 unspecified atom stereocenters. The number of aromatic nitrogens is 4. The summed E-state index contributed by atoms with van der Waals surface area (Å²) in [5, 5.41) is 19.6. The van der Waals surface area contributed by atoms with E-state index in [0.717, 1.165) is 58.8 Å². The first-order valence-corrected chi connectivity index (χ1v) is 18.9. The molecule has 11 nitrogen and oxygen atoms in total. The number of alkyl halides is 3. The van der Waals surface area contributed by atoms with E-state index in [0.29, 0.717) is 11.4 Å². The Hall–Kier alpha value is -5.66. The van der Waals surface area contributed by atoms with E-state index in [1.165, 1.54) is 69.4 Å². The summed E-state index contributed by atoms with van der Waals surface area (Å²) in [6.45, 7) is 1.63. The highest BCUT2D eigenvalue weighted by Gasteiger charge is 2.34. The van der Waals surface area contributed by atoms with Crippen molar-refractivity contribution in [3.63, 3.8) is 0 Å². The summed E-state index contributed by atoms with van der Waals surface area (Å²) in [6, 6.07) is 13.0. The molecule has 0 aliphatic heterocycles. The second-order valence-electron chi connectivity index (χ2n) is 14.5. The molecule has 2 heterocycles. The van der Waals surface area contributed by atoms with Crippen LogP contribution in [0.2, 0.25) is 0 Å². The molecule has 0 bridgehead atoms. The predicted octanol–water partition coefficient (Wildman–Crippen LogP) is 8.27. The van der Waals surface area contributed by atoms with Gasteiger partial charge in [0, 0.05) is 30.1 Å². The van der Waals surface area contributed by atoms with Gasteiger partial charge < -0.3 is 20.1 Å². The number of carboxylic acids is 1. The summed E-state index contributed by atoms with van der Waals surface area (Å²) in [5.74, 6) is 0.214. The van der Waals surface area contributed by atoms with Gasteiger partial charge in [-0.3, -0.25) is 14.4 Å². The molecule has 0 radical (unpaired) electrons. The van der Waals surface area contributed by atoms with Gasteiger partial charge in [-0.25, -0.2) is 9.97 Å². The Bertz CT molecular complexity index is 2030. The number of hydrogen-bond acceptors (Lipinski definition) is 8. The third kappa shape index (κ3) is 10.1. The topological polar surface area (TPSA) is 148 Å². The van der Waals surface area contributed by atoms with Crippen molar-refractivity contribution in [3.05, 3.63) is 101 Å². The summed E-state index contributed by atoms with van der Waals surface area (Å²) >= 11 is 0. The molecule has 2 N–H and O–H groups in total. The Morgan fingerprint density at radius 1 is 0.911 bits per heavy atom. The molecule has 4 aromatic rings. The molecule has 14 heteroatoms. The van der Waals surface area contributed by atoms with Gasteiger partial charge in [0.2, 0.25) is 5.91 Å². The molecule has 1 atom stereocenters. The van der Waals surface area contributed by atoms with E-state index in [4.69, 9.17) is 4.74 Å². The maximum atomic E-state index is 13.6. The van der Waals surface area contributed by atoms with Crippen LogP contribution in [0.3, 0.4) is 0 Å². The average Bonchev–Trinajstić information content (AvgIpc) is 3.20. The fraction of sp³-hybridized carbons (Fsp3) is 0.405. The molecule has 1 fully saturated rings. The number of ether oxygens (including phenoxy) is 1. The Morgan fingerprint density at radius 2 is 1.64 bits per heavy atom. The Kier molecular flexibility index (Phi) is 12.8. The predicted molar refractivity (Wildman–Crippen MR) is 203 cm³/mol. The smallest absolute Gasteiger partial charge is 0.416 e. The van der Waals surface area contributed by atoms with E-state index < -0.39 is 42.5 Å². The Morgan fingerprint density at radius 3 is 2.23 bits per heavy atom. The molecule has 6 rings (SSSR count). The number of carboxylic acid groups (broad SMARTS) is 1. The monoisotopic (exact) mass is 770 g/mol. The van der Waals surface area contributed by atoms with E-state index >= 15 is 0 Å². The van der Waals surface area contributed by atoms with Crippen molar-refractivity contribution in [2.45, 2.75) is 77.4 Å². The molecule has 56 heavy (non-hydrogen) atoms. The first-order valence-electron chi connectivity index (χ1n) is 18.9. The maximum absolute atomic E-state index is 13.6. The van der Waals surface area contributed by atoms with Gasteiger partial charge in [0.15, 0.2) is 17.3 Å². The number of nitrogens with zero attached hydrogens (tertiary/aromatic N) is 5. The molecule has 2 amide bonds. The van der Waals surface area contributed by atoms with Gasteiger partial charge >= 0.3 is 12.1 Å². The summed E-state index contributed by atoms with van der Waals surface area (Å²) in [7, 11) is 1.24. The standard InChI is InChI=1S/C42H45F3N6O5/c1-3-26-4-8-28(9-5-26)29-12-14-30(15-13-29)33-22-46-40(47-23-33)31-10-6-27(7-11-31)24-51(25-39(53)54)41(55)36-18-19-37(50-49-36)48-38(52)20-32-16-17-34(56-2)21-35(32)42(43,44)45/h6-7,10-11,14,16-19,21-23,26,28-29H,3-5,8-9,12-13,15,20,24-25H2,1-2H3,(H,53,54)(H,48,50,52). The van der Waals surface area contributed by atoms with Crippen molar-refractivity contribution in [2.75, 3.05) is 19.0 Å². The third-order valence-electron chi connectivity index (χ3n) is 10.9. The Balaban J connectivity index is 1.04. The number of methoxy groups -OCH3 is 1. The second-order valence-corrected chi connectivity index (χ2v) is 14.5. The van der Waals surface area contributed by atoms with Crippen LogP contribution in [0.5, 0.6) is 5.75 Å². The number of aliphatic carboxylic acids is 1. The van der Waals surface area contributed by atoms with Crippen LogP contribution in [0.15, 0.2) is 73.1 Å². The lowest BCUT2D eigenvalue weighted by Crippen LogP contribution is -2.35. The lowest BCUT2D eigenvalue weighted by Gasteiger charge is -2.35. The number of anilines is 1. The molecule has 0 saturated heterocycles. The van der Waals surface area contributed by atoms with E-state index in [1.807, 2.05) is 24.5 Å². The van der Waals surface area contributed by atoms with E-state index in [2.05, 4.69) is 38.5 Å². The van der Waals surface area contributed by atoms with Gasteiger partial charge in [-0.1, -0.05) is 62.6 Å². The number of amides is 2. The number of carbonyl (C=O) groups is 3. The fourth-order valence-electron chi connectivity index (χ4n) is 7.73. The second kappa shape index (κ2) is 17.9. The largest absolute Gasteiger partial charge is 0.497 e. The molecular formula is C42H45F3N6O5. The van der Waals surface area contributed by atoms with Crippen molar-refractivity contribution >= 4 is 29.2 Å². The summed E-state index contributed by atoms with van der Waals surface area (Å²) in [6.07, 6.45) is 10.9. The van der Waals surface area contributed by atoms with Crippen LogP contribution in [-0.4, -0.2) is 61.6 Å². The van der Waals surface area contributed by atoms with Crippen molar-refractivity contribution in [1.82, 2.24) is 25.1 Å². The van der Waals surface area contributed by atoms with Crippen LogP contribution < -0.4 is 10.1 Å². The number of carbonyl (C=O) groups excluding carboxylic acids is 2. The highest BCUT2D eigenvalue weighted by Crippen LogP contribution is 2.42. The highest BCUT2D eigenvalue weighted by molar-refractivity contribution is 5.95. The van der Waals surface area contributed by atoms with E-state index in [1.54, 1.807) is 12.1 Å². The molecule has 294 valence electrons. The van der Waals surface area contributed by atoms with Crippen LogP contribution >= 0.6 is 0 Å². The third-order valence-corrected chi connectivity index (χ3v) is 10.9. The molecule has 2 aliphatic rings. The van der Waals surface area contributed by atoms with E-state index in [9.17, 15) is 32.7 Å². The van der Waals surface area contributed by atoms with Crippen LogP contribution in [0, 0.1) is 17.8 Å². The normalized spacial score (nSPS) is 18.4. The van der Waals surface area contributed by atoms with Gasteiger partial charge in [-0.05, 0) is 90.8 Å². The maximum Gasteiger partial charge on any atom is 0.416 e. The molecule has 2 aliphatic carbocycles. The lowest BCUT2D eigenvalue weighted by molar-refractivity contribution is -0.139. The zero-order chi connectivity index (χ0) is 39.8. The van der Waals surface area contributed by atoms with Gasteiger partial charge in [0.25, 0.3) is 5.91 Å². The number of hydrogen-bond donors (Lipinski definition) is 2. The minimum Gasteiger partial charge on any atom is -0.497 e. The number of nitrogens with one attached hydrogen (secondary N) is 1. The van der Waals surface area contributed by atoms with Crippen molar-refractivity contribution in [1.29, 1.82) is 0 Å². The van der Waals surface area contributed by atoms with Gasteiger partial charge in [-0.15, -0.1) is 10.2 Å². The molecule has 1 saturated carbocycles. The molecule has 2 aromatic heterocycles. The van der Waals surface area contributed by atoms with Crippen LogP contribution in [0.1, 0.15) is 91.0 Å². The fourth-order valence-corrected chi connectivity index (χ4v) is 7.73. The van der Waals surface area contributed by atoms with Gasteiger partial charge in [-0.2, -0.15) is 13.2 Å². The Labute approximate surface area is 323 Å². The summed E-state index contributed by atoms with van der Waals surface area (Å²) in [5.41, 5.74) is 2.29. The number of benzene rings is 2. The lowest BCUT2D eigenvalue weighted by atomic mass is 9.71. The minimum atomic E-state index is -4.71. The van der Waals surface area contributed by atoms with Crippen LogP contribution in [-0.2, 0) is 28.7 Å². The summed E-state index contributed by atoms with van der Waals surface area (Å²) in [4.78, 5) is 48.0. The van der Waals surface area contributed by atoms with Gasteiger partial charge in [0.1, 0.15) is 12.3 Å². The zero-order valence-electron chi connectivity index (χ0n) is 31.4. The number of allylic oxidation sites excluding steroid dienone is 2. The van der Waals surface area contributed by atoms with Crippen LogP contribution in [0.25, 0.3) is 17.0 Å². The summed E-state index contributed by atoms with van der Waals surface area (Å²) < 4.78 is 45.6. The van der Waals surface area contributed by atoms with Crippen molar-refractivity contribution in [2.24, 2.45) is 17.8 Å². The number of halogens is 3. The van der Waals surface area contributed by atoms with Crippen LogP contribution in [0.4, 0.5) is 19.0 Å². The average molecular weight is 771 g/mol.